The van der Waals surface area contributed by atoms with E-state index < -0.39 is 0 Å². The second kappa shape index (κ2) is 8.91. The molecule has 2 atom stereocenters. The highest BCUT2D eigenvalue weighted by Gasteiger charge is 2.38. The second-order valence-corrected chi connectivity index (χ2v) is 10.7. The number of aromatic nitrogens is 3. The molecule has 0 radical (unpaired) electrons. The van der Waals surface area contributed by atoms with Crippen LogP contribution in [-0.2, 0) is 4.79 Å². The number of hydrogen-bond acceptors (Lipinski definition) is 5. The second-order valence-electron chi connectivity index (χ2n) is 9.86. The first kappa shape index (κ1) is 23.5. The lowest BCUT2D eigenvalue weighted by atomic mass is 10.0. The highest BCUT2D eigenvalue weighted by atomic mass is 35.5. The standard InChI is InChI=1S/C27H27Cl2N5O2/c1-15-26(16(2)36-31-15)17-4-7-23-22(12-17)30-27(34(23)19-10-11-32(3)14-19)24-8-9-25(35)33(24)18-5-6-20(28)21(29)13-18/h4-7,12-13,19,24H,8-11,14H2,1-3H3/t19?,24-/m0/s1. The molecule has 186 valence electrons. The third-order valence-corrected chi connectivity index (χ3v) is 8.20. The molecule has 9 heteroatoms. The van der Waals surface area contributed by atoms with E-state index in [1.807, 2.05) is 24.8 Å². The van der Waals surface area contributed by atoms with Gasteiger partial charge in [-0.15, -0.1) is 0 Å². The van der Waals surface area contributed by atoms with Gasteiger partial charge in [-0.25, -0.2) is 4.98 Å². The molecule has 0 N–H and O–H groups in total. The summed E-state index contributed by atoms with van der Waals surface area (Å²) in [5.74, 6) is 1.77. The van der Waals surface area contributed by atoms with E-state index in [4.69, 9.17) is 32.7 Å². The van der Waals surface area contributed by atoms with Crippen LogP contribution in [0.3, 0.4) is 0 Å². The van der Waals surface area contributed by atoms with E-state index in [9.17, 15) is 4.79 Å². The van der Waals surface area contributed by atoms with E-state index in [1.54, 1.807) is 12.1 Å². The summed E-state index contributed by atoms with van der Waals surface area (Å²) in [6.07, 6.45) is 2.19. The van der Waals surface area contributed by atoms with Crippen molar-refractivity contribution in [1.29, 1.82) is 0 Å². The summed E-state index contributed by atoms with van der Waals surface area (Å²) in [5.41, 5.74) is 5.62. The van der Waals surface area contributed by atoms with E-state index >= 15 is 0 Å². The van der Waals surface area contributed by atoms with E-state index in [2.05, 4.69) is 39.9 Å². The normalized spacial score (nSPS) is 20.8. The maximum absolute atomic E-state index is 13.1. The summed E-state index contributed by atoms with van der Waals surface area (Å²) in [7, 11) is 2.15. The zero-order valence-corrected chi connectivity index (χ0v) is 22.0. The monoisotopic (exact) mass is 523 g/mol. The minimum Gasteiger partial charge on any atom is -0.361 e. The van der Waals surface area contributed by atoms with Crippen LogP contribution in [0, 0.1) is 13.8 Å². The Morgan fingerprint density at radius 3 is 2.58 bits per heavy atom. The molecule has 1 amide bonds. The van der Waals surface area contributed by atoms with Crippen molar-refractivity contribution >= 4 is 45.8 Å². The molecule has 7 nitrogen and oxygen atoms in total. The van der Waals surface area contributed by atoms with Gasteiger partial charge in [-0.3, -0.25) is 4.79 Å². The van der Waals surface area contributed by atoms with Crippen molar-refractivity contribution in [3.8, 4) is 11.1 Å². The van der Waals surface area contributed by atoms with E-state index in [1.165, 1.54) is 0 Å². The van der Waals surface area contributed by atoms with Gasteiger partial charge >= 0.3 is 0 Å². The van der Waals surface area contributed by atoms with Crippen molar-refractivity contribution in [2.24, 2.45) is 0 Å². The Morgan fingerprint density at radius 2 is 1.89 bits per heavy atom. The van der Waals surface area contributed by atoms with Gasteiger partial charge in [0.15, 0.2) is 0 Å². The number of hydrogen-bond donors (Lipinski definition) is 0. The minimum atomic E-state index is -0.185. The van der Waals surface area contributed by atoms with Crippen LogP contribution in [0.25, 0.3) is 22.2 Å². The van der Waals surface area contributed by atoms with Crippen LogP contribution in [0.1, 0.15) is 48.6 Å². The number of carbonyl (C=O) groups excluding carboxylic acids is 1. The Morgan fingerprint density at radius 1 is 1.06 bits per heavy atom. The summed E-state index contributed by atoms with van der Waals surface area (Å²) in [6.45, 7) is 5.85. The summed E-state index contributed by atoms with van der Waals surface area (Å²) >= 11 is 12.5. The third kappa shape index (κ3) is 3.81. The van der Waals surface area contributed by atoms with Gasteiger partial charge in [0.05, 0.1) is 32.8 Å². The average Bonchev–Trinajstić information content (AvgIpc) is 3.61. The average molecular weight is 524 g/mol. The Hall–Kier alpha value is -2.87. The largest absolute Gasteiger partial charge is 0.361 e. The third-order valence-electron chi connectivity index (χ3n) is 7.46. The fourth-order valence-electron chi connectivity index (χ4n) is 5.80. The molecule has 2 aliphatic heterocycles. The first-order valence-electron chi connectivity index (χ1n) is 12.2. The van der Waals surface area contributed by atoms with Crippen molar-refractivity contribution in [3.05, 3.63) is 63.7 Å². The summed E-state index contributed by atoms with van der Waals surface area (Å²) < 4.78 is 7.78. The lowest BCUT2D eigenvalue weighted by Gasteiger charge is -2.27. The lowest BCUT2D eigenvalue weighted by Crippen LogP contribution is -2.30. The van der Waals surface area contributed by atoms with E-state index in [0.717, 1.165) is 64.6 Å². The van der Waals surface area contributed by atoms with Crippen molar-refractivity contribution in [1.82, 2.24) is 19.6 Å². The number of fused-ring (bicyclic) bond motifs is 1. The summed E-state index contributed by atoms with van der Waals surface area (Å²) in [5, 5.41) is 5.03. The van der Waals surface area contributed by atoms with Gasteiger partial charge in [-0.2, -0.15) is 0 Å². The number of halogens is 2. The van der Waals surface area contributed by atoms with Crippen molar-refractivity contribution in [2.75, 3.05) is 25.0 Å². The van der Waals surface area contributed by atoms with Gasteiger partial charge in [0.1, 0.15) is 11.6 Å². The number of imidazole rings is 1. The first-order chi connectivity index (χ1) is 17.3. The van der Waals surface area contributed by atoms with Gasteiger partial charge in [0.25, 0.3) is 0 Å². The molecule has 2 saturated heterocycles. The number of rotatable bonds is 4. The fourth-order valence-corrected chi connectivity index (χ4v) is 6.09. The van der Waals surface area contributed by atoms with Gasteiger partial charge in [0.2, 0.25) is 5.91 Å². The maximum Gasteiger partial charge on any atom is 0.227 e. The zero-order valence-electron chi connectivity index (χ0n) is 20.5. The molecular weight excluding hydrogens is 497 g/mol. The smallest absolute Gasteiger partial charge is 0.227 e. The first-order valence-corrected chi connectivity index (χ1v) is 13.0. The molecule has 36 heavy (non-hydrogen) atoms. The van der Waals surface area contributed by atoms with E-state index in [0.29, 0.717) is 22.9 Å². The number of likely N-dealkylation sites (N-methyl/N-ethyl adjacent to an activating group) is 1. The molecule has 0 saturated carbocycles. The SMILES string of the molecule is Cc1noc(C)c1-c1ccc2c(c1)nc([C@@H]1CCC(=O)N1c1ccc(Cl)c(Cl)c1)n2C1CCN(C)C1. The highest BCUT2D eigenvalue weighted by Crippen LogP contribution is 2.42. The maximum atomic E-state index is 13.1. The Balaban J connectivity index is 1.51. The van der Waals surface area contributed by atoms with Crippen molar-refractivity contribution in [3.63, 3.8) is 0 Å². The van der Waals surface area contributed by atoms with Crippen LogP contribution >= 0.6 is 23.2 Å². The van der Waals surface area contributed by atoms with Crippen LogP contribution in [0.15, 0.2) is 40.9 Å². The molecule has 2 aliphatic rings. The quantitative estimate of drug-likeness (QED) is 0.311. The number of carbonyl (C=O) groups is 1. The van der Waals surface area contributed by atoms with Crippen LogP contribution in [-0.4, -0.2) is 45.7 Å². The Labute approximate surface area is 219 Å². The number of likely N-dealkylation sites (tertiary alicyclic amines) is 1. The van der Waals surface area contributed by atoms with Crippen LogP contribution < -0.4 is 4.90 Å². The molecule has 2 aromatic carbocycles. The van der Waals surface area contributed by atoms with Gasteiger partial charge in [-0.05, 0) is 76.2 Å². The number of anilines is 1. The highest BCUT2D eigenvalue weighted by molar-refractivity contribution is 6.42. The number of nitrogens with zero attached hydrogens (tertiary/aromatic N) is 5. The number of aryl methyl sites for hydroxylation is 2. The number of amides is 1. The van der Waals surface area contributed by atoms with Crippen molar-refractivity contribution < 1.29 is 9.32 Å². The van der Waals surface area contributed by atoms with Gasteiger partial charge in [0, 0.05) is 30.3 Å². The molecule has 2 aromatic heterocycles. The summed E-state index contributed by atoms with van der Waals surface area (Å²) in [4.78, 5) is 22.5. The minimum absolute atomic E-state index is 0.0666. The predicted molar refractivity (Wildman–Crippen MR) is 142 cm³/mol. The Kier molecular flexibility index (Phi) is 5.82. The van der Waals surface area contributed by atoms with Crippen LogP contribution in [0.4, 0.5) is 5.69 Å². The molecule has 4 heterocycles. The Bertz CT molecular complexity index is 1470. The van der Waals surface area contributed by atoms with Crippen LogP contribution in [0.5, 0.6) is 0 Å². The van der Waals surface area contributed by atoms with Crippen LogP contribution in [0.2, 0.25) is 10.0 Å². The van der Waals surface area contributed by atoms with Gasteiger partial charge < -0.3 is 18.9 Å². The lowest BCUT2D eigenvalue weighted by molar-refractivity contribution is -0.117. The zero-order chi connectivity index (χ0) is 25.1. The van der Waals surface area contributed by atoms with Crippen molar-refractivity contribution in [2.45, 2.75) is 45.2 Å². The van der Waals surface area contributed by atoms with Gasteiger partial charge in [-0.1, -0.05) is 34.4 Å². The molecule has 6 rings (SSSR count). The molecule has 0 bridgehead atoms. The molecule has 4 aromatic rings. The number of benzene rings is 2. The molecule has 1 unspecified atom stereocenters. The van der Waals surface area contributed by atoms with E-state index in [-0.39, 0.29) is 18.0 Å². The molecule has 0 spiro atoms. The fraction of sp³-hybridized carbons (Fsp3) is 0.370. The molecular formula is C27H27Cl2N5O2. The molecule has 0 aliphatic carbocycles. The predicted octanol–water partition coefficient (Wildman–Crippen LogP) is 6.36. The topological polar surface area (TPSA) is 67.4 Å². The summed E-state index contributed by atoms with van der Waals surface area (Å²) in [6, 6.07) is 11.8. The molecule has 2 fully saturated rings.